The smallest absolute Gasteiger partial charge is 0.167 e. The summed E-state index contributed by atoms with van der Waals surface area (Å²) in [6, 6.07) is 62.4. The van der Waals surface area contributed by atoms with E-state index in [1.165, 1.54) is 65.5 Å². The highest BCUT2D eigenvalue weighted by Crippen LogP contribution is 2.56. The van der Waals surface area contributed by atoms with Gasteiger partial charge in [0.15, 0.2) is 17.5 Å². The van der Waals surface area contributed by atoms with Crippen LogP contribution in [0.4, 0.5) is 0 Å². The molecule has 62 heavy (non-hydrogen) atoms. The number of benzene rings is 8. The number of rotatable bonds is 5. The molecule has 0 atom stereocenters. The Hall–Kier alpha value is -7.63. The van der Waals surface area contributed by atoms with E-state index in [0.717, 1.165) is 71.7 Å². The summed E-state index contributed by atoms with van der Waals surface area (Å²) in [7, 11) is 0. The second kappa shape index (κ2) is 13.7. The Bertz CT molecular complexity index is 3440. The topological polar surface area (TPSA) is 65.0 Å². The zero-order valence-corrected chi connectivity index (χ0v) is 33.9. The monoisotopic (exact) mass is 797 g/mol. The molecule has 3 heterocycles. The summed E-state index contributed by atoms with van der Waals surface area (Å²) in [5.74, 6) is 1.64. The van der Waals surface area contributed by atoms with Crippen molar-refractivity contribution in [3.63, 3.8) is 0 Å². The normalized spacial score (nSPS) is 14.3. The quantitative estimate of drug-likeness (QED) is 0.174. The summed E-state index contributed by atoms with van der Waals surface area (Å²) in [4.78, 5) is 15.5. The van der Waals surface area contributed by atoms with Gasteiger partial charge in [-0.15, -0.1) is 0 Å². The SMILES string of the molecule is c1cc(-c2ccc(-c3nc(-c4cccc5c4oc4ccccc45)nc(-c4cccc5c4oc4ccccc45)n3)cc2)cc(-c2ccc3c(c2)-c2ccccc2C32CCCCC2)c1. The Morgan fingerprint density at radius 3 is 1.50 bits per heavy atom. The van der Waals surface area contributed by atoms with Crippen molar-refractivity contribution in [1.82, 2.24) is 15.0 Å². The summed E-state index contributed by atoms with van der Waals surface area (Å²) in [6.45, 7) is 0. The predicted octanol–water partition coefficient (Wildman–Crippen LogP) is 15.2. The molecule has 2 aliphatic carbocycles. The van der Waals surface area contributed by atoms with Gasteiger partial charge in [-0.25, -0.2) is 15.0 Å². The van der Waals surface area contributed by atoms with Crippen LogP contribution in [0.25, 0.3) is 111 Å². The summed E-state index contributed by atoms with van der Waals surface area (Å²) in [5, 5.41) is 4.15. The summed E-state index contributed by atoms with van der Waals surface area (Å²) >= 11 is 0. The van der Waals surface area contributed by atoms with Gasteiger partial charge in [0.05, 0.1) is 11.1 Å². The maximum Gasteiger partial charge on any atom is 0.167 e. The van der Waals surface area contributed by atoms with E-state index in [4.69, 9.17) is 23.8 Å². The minimum atomic E-state index is 0.161. The molecule has 1 spiro atoms. The summed E-state index contributed by atoms with van der Waals surface area (Å²) in [5.41, 5.74) is 16.4. The second-order valence-corrected chi connectivity index (χ2v) is 17.0. The molecule has 11 aromatic rings. The van der Waals surface area contributed by atoms with Crippen molar-refractivity contribution in [1.29, 1.82) is 0 Å². The van der Waals surface area contributed by atoms with E-state index in [1.54, 1.807) is 0 Å². The fourth-order valence-electron chi connectivity index (χ4n) is 10.6. The number of aromatic nitrogens is 3. The maximum absolute atomic E-state index is 6.49. The number of hydrogen-bond donors (Lipinski definition) is 0. The van der Waals surface area contributed by atoms with Crippen molar-refractivity contribution >= 4 is 43.9 Å². The van der Waals surface area contributed by atoms with Crippen LogP contribution in [0.5, 0.6) is 0 Å². The Labute approximate surface area is 358 Å². The van der Waals surface area contributed by atoms with Crippen LogP contribution < -0.4 is 0 Å². The molecule has 0 N–H and O–H groups in total. The van der Waals surface area contributed by atoms with Crippen molar-refractivity contribution in [2.75, 3.05) is 0 Å². The lowest BCUT2D eigenvalue weighted by Crippen LogP contribution is -2.27. The highest BCUT2D eigenvalue weighted by Gasteiger charge is 2.43. The van der Waals surface area contributed by atoms with E-state index in [1.807, 2.05) is 60.7 Å². The molecule has 2 aliphatic rings. The number of furan rings is 2. The van der Waals surface area contributed by atoms with Gasteiger partial charge >= 0.3 is 0 Å². The van der Waals surface area contributed by atoms with Gasteiger partial charge in [-0.1, -0.05) is 159 Å². The van der Waals surface area contributed by atoms with Crippen molar-refractivity contribution in [2.24, 2.45) is 0 Å². The Morgan fingerprint density at radius 1 is 0.339 bits per heavy atom. The van der Waals surface area contributed by atoms with Crippen molar-refractivity contribution < 1.29 is 8.83 Å². The minimum Gasteiger partial charge on any atom is -0.455 e. The van der Waals surface area contributed by atoms with Crippen LogP contribution in [0.15, 0.2) is 185 Å². The molecule has 1 saturated carbocycles. The molecule has 0 radical (unpaired) electrons. The van der Waals surface area contributed by atoms with Crippen LogP contribution >= 0.6 is 0 Å². The van der Waals surface area contributed by atoms with Crippen molar-refractivity contribution in [2.45, 2.75) is 37.5 Å². The Morgan fingerprint density at radius 2 is 0.823 bits per heavy atom. The maximum atomic E-state index is 6.49. The fraction of sp³-hybridized carbons (Fsp3) is 0.105. The third-order valence-corrected chi connectivity index (χ3v) is 13.6. The van der Waals surface area contributed by atoms with Gasteiger partial charge < -0.3 is 8.83 Å². The molecule has 5 nitrogen and oxygen atoms in total. The average molecular weight is 798 g/mol. The molecule has 0 aliphatic heterocycles. The first-order chi connectivity index (χ1) is 30.7. The Balaban J connectivity index is 0.903. The van der Waals surface area contributed by atoms with E-state index in [-0.39, 0.29) is 5.41 Å². The van der Waals surface area contributed by atoms with Crippen LogP contribution in [0, 0.1) is 0 Å². The third kappa shape index (κ3) is 5.37. The average Bonchev–Trinajstić information content (AvgIpc) is 4.00. The van der Waals surface area contributed by atoms with Crippen molar-refractivity contribution in [3.05, 3.63) is 187 Å². The molecule has 1 fully saturated rings. The molecule has 3 aromatic heterocycles. The largest absolute Gasteiger partial charge is 0.455 e. The predicted molar refractivity (Wildman–Crippen MR) is 251 cm³/mol. The molecule has 5 heteroatoms. The lowest BCUT2D eigenvalue weighted by atomic mass is 9.68. The summed E-state index contributed by atoms with van der Waals surface area (Å²) in [6.07, 6.45) is 6.41. The highest BCUT2D eigenvalue weighted by atomic mass is 16.3. The molecule has 0 unspecified atom stereocenters. The highest BCUT2D eigenvalue weighted by molar-refractivity contribution is 6.10. The van der Waals surface area contributed by atoms with Gasteiger partial charge in [0.1, 0.15) is 22.3 Å². The van der Waals surface area contributed by atoms with Crippen LogP contribution in [0.2, 0.25) is 0 Å². The molecule has 13 rings (SSSR count). The van der Waals surface area contributed by atoms with Gasteiger partial charge in [0, 0.05) is 32.5 Å². The van der Waals surface area contributed by atoms with Gasteiger partial charge in [0.25, 0.3) is 0 Å². The van der Waals surface area contributed by atoms with Gasteiger partial charge in [0.2, 0.25) is 0 Å². The standard InChI is InChI=1S/C57H39N3O2/c1-8-31-57(32-9-1)48-22-5-2-15-40(48)47-34-39(29-30-49(47)57)38-14-10-13-37(33-38)35-25-27-36(28-26-35)54-58-55(45-20-11-18-43-41-16-3-6-23-50(41)61-52(43)45)60-56(59-54)46-21-12-19-44-42-17-4-7-24-51(42)62-53(44)46/h2-7,10-30,33-34H,1,8-9,31-32H2. The fourth-order valence-corrected chi connectivity index (χ4v) is 10.6. The molecule has 0 saturated heterocycles. The summed E-state index contributed by atoms with van der Waals surface area (Å²) < 4.78 is 13.0. The number of nitrogens with zero attached hydrogens (tertiary/aromatic N) is 3. The molecule has 0 bridgehead atoms. The van der Waals surface area contributed by atoms with Crippen LogP contribution in [0.1, 0.15) is 43.2 Å². The first kappa shape index (κ1) is 35.2. The zero-order chi connectivity index (χ0) is 40.8. The van der Waals surface area contributed by atoms with Crippen LogP contribution in [-0.4, -0.2) is 15.0 Å². The van der Waals surface area contributed by atoms with Crippen LogP contribution in [-0.2, 0) is 5.41 Å². The number of fused-ring (bicyclic) bond motifs is 11. The van der Waals surface area contributed by atoms with E-state index in [9.17, 15) is 0 Å². The molecule has 0 amide bonds. The first-order valence-corrected chi connectivity index (χ1v) is 21.7. The second-order valence-electron chi connectivity index (χ2n) is 17.0. The molecular weight excluding hydrogens is 759 g/mol. The van der Waals surface area contributed by atoms with Crippen LogP contribution in [0.3, 0.4) is 0 Å². The van der Waals surface area contributed by atoms with E-state index >= 15 is 0 Å². The number of para-hydroxylation sites is 4. The van der Waals surface area contributed by atoms with Gasteiger partial charge in [-0.3, -0.25) is 0 Å². The van der Waals surface area contributed by atoms with E-state index in [2.05, 4.69) is 115 Å². The third-order valence-electron chi connectivity index (χ3n) is 13.6. The molecule has 294 valence electrons. The lowest BCUT2D eigenvalue weighted by molar-refractivity contribution is 0.353. The number of hydrogen-bond acceptors (Lipinski definition) is 5. The van der Waals surface area contributed by atoms with Gasteiger partial charge in [-0.2, -0.15) is 0 Å². The Kier molecular flexibility index (Phi) is 7.77. The first-order valence-electron chi connectivity index (χ1n) is 21.7. The zero-order valence-electron chi connectivity index (χ0n) is 33.9. The van der Waals surface area contributed by atoms with E-state index < -0.39 is 0 Å². The van der Waals surface area contributed by atoms with Gasteiger partial charge in [-0.05, 0) is 93.7 Å². The minimum absolute atomic E-state index is 0.161. The van der Waals surface area contributed by atoms with Crippen molar-refractivity contribution in [3.8, 4) is 67.5 Å². The molecular formula is C57H39N3O2. The van der Waals surface area contributed by atoms with E-state index in [0.29, 0.717) is 17.5 Å². The molecule has 8 aromatic carbocycles. The lowest BCUT2D eigenvalue weighted by Gasteiger charge is -2.36.